The van der Waals surface area contributed by atoms with Crippen LogP contribution in [0, 0.1) is 17.0 Å². The molecule has 0 bridgehead atoms. The van der Waals surface area contributed by atoms with E-state index in [9.17, 15) is 18.5 Å². The van der Waals surface area contributed by atoms with Crippen molar-refractivity contribution >= 4 is 21.5 Å². The monoisotopic (exact) mass is 323 g/mol. The number of ether oxygens (including phenoxy) is 1. The highest BCUT2D eigenvalue weighted by molar-refractivity contribution is 7.92. The van der Waals surface area contributed by atoms with Crippen LogP contribution in [0.3, 0.4) is 0 Å². The molecule has 0 aliphatic carbocycles. The van der Waals surface area contributed by atoms with E-state index < -0.39 is 14.9 Å². The Balaban J connectivity index is 2.40. The minimum Gasteiger partial charge on any atom is -0.495 e. The molecule has 116 valence electrons. The molecule has 22 heavy (non-hydrogen) atoms. The summed E-state index contributed by atoms with van der Waals surface area (Å²) in [5.41, 5.74) is 0.625. The molecule has 0 atom stereocenters. The van der Waals surface area contributed by atoms with Crippen LogP contribution in [0.2, 0.25) is 0 Å². The molecule has 9 heteroatoms. The van der Waals surface area contributed by atoms with Gasteiger partial charge < -0.3 is 4.74 Å². The fourth-order valence-corrected chi connectivity index (χ4v) is 2.87. The zero-order chi connectivity index (χ0) is 16.3. The van der Waals surface area contributed by atoms with Gasteiger partial charge in [0, 0.05) is 12.3 Å². The Hall–Kier alpha value is -2.68. The molecular formula is C13H13N3O5S. The summed E-state index contributed by atoms with van der Waals surface area (Å²) >= 11 is 0. The fourth-order valence-electron chi connectivity index (χ4n) is 1.71. The molecule has 0 radical (unpaired) electrons. The van der Waals surface area contributed by atoms with Crippen LogP contribution in [-0.4, -0.2) is 25.4 Å². The quantitative estimate of drug-likeness (QED) is 0.666. The van der Waals surface area contributed by atoms with Crippen LogP contribution in [0.25, 0.3) is 0 Å². The number of nitrogens with one attached hydrogen (secondary N) is 1. The van der Waals surface area contributed by atoms with E-state index in [1.165, 1.54) is 19.4 Å². The van der Waals surface area contributed by atoms with Gasteiger partial charge in [-0.05, 0) is 24.6 Å². The van der Waals surface area contributed by atoms with Crippen molar-refractivity contribution in [3.8, 4) is 5.75 Å². The number of nitro groups is 1. The van der Waals surface area contributed by atoms with Crippen molar-refractivity contribution in [1.82, 2.24) is 4.98 Å². The van der Waals surface area contributed by atoms with Gasteiger partial charge in [0.25, 0.3) is 15.7 Å². The third-order valence-corrected chi connectivity index (χ3v) is 4.19. The van der Waals surface area contributed by atoms with Gasteiger partial charge in [-0.25, -0.2) is 13.4 Å². The third-order valence-electron chi connectivity index (χ3n) is 2.80. The third kappa shape index (κ3) is 3.31. The first kappa shape index (κ1) is 15.7. The lowest BCUT2D eigenvalue weighted by atomic mass is 10.3. The van der Waals surface area contributed by atoms with E-state index in [0.29, 0.717) is 0 Å². The highest BCUT2D eigenvalue weighted by atomic mass is 32.2. The Morgan fingerprint density at radius 2 is 2.00 bits per heavy atom. The molecule has 8 nitrogen and oxygen atoms in total. The van der Waals surface area contributed by atoms with E-state index in [1.807, 2.05) is 6.92 Å². The molecular weight excluding hydrogens is 310 g/mol. The highest BCUT2D eigenvalue weighted by Crippen LogP contribution is 2.29. The lowest BCUT2D eigenvalue weighted by molar-refractivity contribution is -0.385. The second-order valence-corrected chi connectivity index (χ2v) is 6.07. The predicted molar refractivity (Wildman–Crippen MR) is 79.4 cm³/mol. The first-order chi connectivity index (χ1) is 10.3. The molecule has 0 saturated carbocycles. The van der Waals surface area contributed by atoms with Crippen molar-refractivity contribution in [1.29, 1.82) is 0 Å². The van der Waals surface area contributed by atoms with Crippen LogP contribution in [0.15, 0.2) is 41.4 Å². The number of non-ortho nitro benzene ring substituents is 1. The van der Waals surface area contributed by atoms with Gasteiger partial charge >= 0.3 is 0 Å². The van der Waals surface area contributed by atoms with Crippen molar-refractivity contribution in [3.63, 3.8) is 0 Å². The molecule has 1 aromatic heterocycles. The van der Waals surface area contributed by atoms with Crippen LogP contribution < -0.4 is 9.46 Å². The van der Waals surface area contributed by atoms with Gasteiger partial charge in [-0.1, -0.05) is 6.07 Å². The van der Waals surface area contributed by atoms with E-state index in [1.54, 1.807) is 6.07 Å². The first-order valence-corrected chi connectivity index (χ1v) is 7.60. The van der Waals surface area contributed by atoms with Gasteiger partial charge in [-0.2, -0.15) is 0 Å². The molecule has 2 aromatic rings. The van der Waals surface area contributed by atoms with Gasteiger partial charge in [-0.15, -0.1) is 0 Å². The zero-order valence-corrected chi connectivity index (χ0v) is 12.6. The summed E-state index contributed by atoms with van der Waals surface area (Å²) in [6.07, 6.45) is 1.52. The molecule has 0 saturated heterocycles. The van der Waals surface area contributed by atoms with E-state index >= 15 is 0 Å². The van der Waals surface area contributed by atoms with E-state index in [-0.39, 0.29) is 22.2 Å². The molecule has 2 rings (SSSR count). The van der Waals surface area contributed by atoms with Crippen molar-refractivity contribution in [2.45, 2.75) is 11.8 Å². The Kier molecular flexibility index (Phi) is 4.27. The number of rotatable bonds is 5. The molecule has 0 fully saturated rings. The SMILES string of the molecule is COc1cc([N+](=O)[O-])ccc1S(=O)(=O)Nc1ccc(C)cn1. The Morgan fingerprint density at radius 3 is 2.55 bits per heavy atom. The zero-order valence-electron chi connectivity index (χ0n) is 11.8. The number of anilines is 1. The van der Waals surface area contributed by atoms with E-state index in [4.69, 9.17) is 4.74 Å². The molecule has 0 spiro atoms. The fraction of sp³-hybridized carbons (Fsp3) is 0.154. The Labute approximate surface area is 127 Å². The van der Waals surface area contributed by atoms with Crippen LogP contribution in [0.5, 0.6) is 5.75 Å². The number of hydrogen-bond acceptors (Lipinski definition) is 6. The molecule has 1 aromatic carbocycles. The summed E-state index contributed by atoms with van der Waals surface area (Å²) in [6.45, 7) is 1.82. The van der Waals surface area contributed by atoms with Gasteiger partial charge in [0.15, 0.2) is 0 Å². The number of hydrogen-bond donors (Lipinski definition) is 1. The summed E-state index contributed by atoms with van der Waals surface area (Å²) in [5.74, 6) is 0.0276. The van der Waals surface area contributed by atoms with Gasteiger partial charge in [-0.3, -0.25) is 14.8 Å². The minimum absolute atomic E-state index is 0.117. The number of aromatic nitrogens is 1. The topological polar surface area (TPSA) is 111 Å². The van der Waals surface area contributed by atoms with Crippen molar-refractivity contribution in [2.75, 3.05) is 11.8 Å². The first-order valence-electron chi connectivity index (χ1n) is 6.11. The van der Waals surface area contributed by atoms with Gasteiger partial charge in [0.2, 0.25) is 0 Å². The number of nitro benzene ring substituents is 1. The van der Waals surface area contributed by atoms with Crippen molar-refractivity contribution in [3.05, 3.63) is 52.2 Å². The Morgan fingerprint density at radius 1 is 1.27 bits per heavy atom. The summed E-state index contributed by atoms with van der Waals surface area (Å²) in [4.78, 5) is 13.8. The maximum absolute atomic E-state index is 12.3. The maximum Gasteiger partial charge on any atom is 0.273 e. The van der Waals surface area contributed by atoms with Crippen LogP contribution in [0.4, 0.5) is 11.5 Å². The van der Waals surface area contributed by atoms with Crippen molar-refractivity contribution in [2.24, 2.45) is 0 Å². The molecule has 1 N–H and O–H groups in total. The number of pyridine rings is 1. The smallest absolute Gasteiger partial charge is 0.273 e. The summed E-state index contributed by atoms with van der Waals surface area (Å²) < 4.78 is 31.9. The number of methoxy groups -OCH3 is 1. The van der Waals surface area contributed by atoms with E-state index in [0.717, 1.165) is 23.8 Å². The lowest BCUT2D eigenvalue weighted by Crippen LogP contribution is -2.15. The second-order valence-electron chi connectivity index (χ2n) is 4.42. The predicted octanol–water partition coefficient (Wildman–Crippen LogP) is 2.11. The molecule has 0 amide bonds. The number of aryl methyl sites for hydroxylation is 1. The minimum atomic E-state index is -3.97. The van der Waals surface area contributed by atoms with Gasteiger partial charge in [0.05, 0.1) is 18.1 Å². The summed E-state index contributed by atoms with van der Waals surface area (Å²) in [6, 6.07) is 6.49. The molecule has 0 unspecified atom stereocenters. The van der Waals surface area contributed by atoms with Crippen LogP contribution in [0.1, 0.15) is 5.56 Å². The molecule has 0 aliphatic heterocycles. The van der Waals surface area contributed by atoms with Crippen molar-refractivity contribution < 1.29 is 18.1 Å². The van der Waals surface area contributed by atoms with Gasteiger partial charge in [0.1, 0.15) is 16.5 Å². The lowest BCUT2D eigenvalue weighted by Gasteiger charge is -2.11. The normalized spacial score (nSPS) is 11.0. The highest BCUT2D eigenvalue weighted by Gasteiger charge is 2.22. The average Bonchev–Trinajstić information content (AvgIpc) is 2.48. The number of benzene rings is 1. The average molecular weight is 323 g/mol. The van der Waals surface area contributed by atoms with Crippen LogP contribution >= 0.6 is 0 Å². The number of sulfonamides is 1. The second kappa shape index (κ2) is 5.98. The standard InChI is InChI=1S/C13H13N3O5S/c1-9-3-6-13(14-8-9)15-22(19,20)12-5-4-10(16(17)18)7-11(12)21-2/h3-8H,1-2H3,(H,14,15). The number of nitrogens with zero attached hydrogens (tertiary/aromatic N) is 2. The Bertz CT molecular complexity index is 803. The maximum atomic E-state index is 12.3. The molecule has 0 aliphatic rings. The van der Waals surface area contributed by atoms with E-state index in [2.05, 4.69) is 9.71 Å². The molecule has 1 heterocycles. The summed E-state index contributed by atoms with van der Waals surface area (Å²) in [7, 11) is -2.73. The largest absolute Gasteiger partial charge is 0.495 e. The summed E-state index contributed by atoms with van der Waals surface area (Å²) in [5, 5.41) is 10.7. The van der Waals surface area contributed by atoms with Crippen LogP contribution in [-0.2, 0) is 10.0 Å².